The summed E-state index contributed by atoms with van der Waals surface area (Å²) in [5.41, 5.74) is 5.81. The molecule has 0 aliphatic carbocycles. The van der Waals surface area contributed by atoms with E-state index in [9.17, 15) is 4.79 Å². The summed E-state index contributed by atoms with van der Waals surface area (Å²) in [4.78, 5) is 15.8. The Bertz CT molecular complexity index is 327. The minimum Gasteiger partial charge on any atom is -0.450 e. The van der Waals surface area contributed by atoms with Gasteiger partial charge in [-0.2, -0.15) is 0 Å². The number of hydrogen-bond acceptors (Lipinski definition) is 4. The summed E-state index contributed by atoms with van der Waals surface area (Å²) in [6.07, 6.45) is 0.390. The van der Waals surface area contributed by atoms with E-state index in [1.54, 1.807) is 14.0 Å². The number of rotatable bonds is 9. The number of carbonyl (C=O) groups excluding carboxylic acids is 1. The average Bonchev–Trinajstić information content (AvgIpc) is 2.35. The molecule has 0 saturated carbocycles. The molecule has 7 nitrogen and oxygen atoms in total. The summed E-state index contributed by atoms with van der Waals surface area (Å²) in [6.45, 7) is 9.21. The number of nitrogens with zero attached hydrogens (tertiary/aromatic N) is 1. The van der Waals surface area contributed by atoms with Crippen LogP contribution in [-0.4, -0.2) is 51.0 Å². The fraction of sp³-hybridized carbons (Fsp3) is 0.857. The zero-order chi connectivity index (χ0) is 16.3. The van der Waals surface area contributed by atoms with Crippen molar-refractivity contribution in [1.82, 2.24) is 10.6 Å². The molecule has 22 heavy (non-hydrogen) atoms. The molecule has 2 unspecified atom stereocenters. The maximum absolute atomic E-state index is 11.5. The van der Waals surface area contributed by atoms with E-state index in [2.05, 4.69) is 29.5 Å². The first kappa shape index (κ1) is 23.5. The van der Waals surface area contributed by atoms with Crippen LogP contribution < -0.4 is 16.4 Å². The highest BCUT2D eigenvalue weighted by molar-refractivity contribution is 14.0. The van der Waals surface area contributed by atoms with Crippen molar-refractivity contribution in [1.29, 1.82) is 0 Å². The fourth-order valence-corrected chi connectivity index (χ4v) is 1.89. The van der Waals surface area contributed by atoms with Crippen LogP contribution in [-0.2, 0) is 9.47 Å². The van der Waals surface area contributed by atoms with Crippen molar-refractivity contribution in [2.24, 2.45) is 16.6 Å². The minimum atomic E-state index is -0.419. The monoisotopic (exact) mass is 430 g/mol. The number of nitrogens with one attached hydrogen (secondary N) is 2. The second-order valence-electron chi connectivity index (χ2n) is 5.42. The molecule has 0 fully saturated rings. The van der Waals surface area contributed by atoms with E-state index in [0.717, 1.165) is 6.42 Å². The van der Waals surface area contributed by atoms with Gasteiger partial charge in [-0.1, -0.05) is 13.8 Å². The van der Waals surface area contributed by atoms with Crippen molar-refractivity contribution in [2.45, 2.75) is 46.2 Å². The van der Waals surface area contributed by atoms with Crippen LogP contribution in [0, 0.1) is 5.92 Å². The number of carbonyl (C=O) groups is 1. The Kier molecular flexibility index (Phi) is 14.8. The van der Waals surface area contributed by atoms with Crippen LogP contribution in [0.15, 0.2) is 4.99 Å². The van der Waals surface area contributed by atoms with Gasteiger partial charge in [-0.05, 0) is 26.2 Å². The van der Waals surface area contributed by atoms with Crippen LogP contribution in [0.4, 0.5) is 4.79 Å². The number of alkyl carbamates (subject to hydrolysis) is 1. The molecule has 2 atom stereocenters. The lowest BCUT2D eigenvalue weighted by molar-refractivity contribution is 0.147. The molecule has 0 heterocycles. The van der Waals surface area contributed by atoms with Gasteiger partial charge in [0.1, 0.15) is 0 Å². The molecule has 4 N–H and O–H groups in total. The predicted octanol–water partition coefficient (Wildman–Crippen LogP) is 1.70. The molecule has 0 aliphatic heterocycles. The Labute approximate surface area is 150 Å². The normalized spacial score (nSPS) is 14.0. The molecule has 8 heteroatoms. The SMILES string of the molecule is CCOC(=O)NC(CN=C(N)NC(C)COC)CC(C)C.I. The average molecular weight is 430 g/mol. The van der Waals surface area contributed by atoms with Crippen molar-refractivity contribution < 1.29 is 14.3 Å². The molecule has 0 aromatic carbocycles. The summed E-state index contributed by atoms with van der Waals surface area (Å²) < 4.78 is 9.91. The van der Waals surface area contributed by atoms with Crippen molar-refractivity contribution in [3.63, 3.8) is 0 Å². The van der Waals surface area contributed by atoms with Crippen LogP contribution in [0.3, 0.4) is 0 Å². The summed E-state index contributed by atoms with van der Waals surface area (Å²) in [5, 5.41) is 5.83. The zero-order valence-corrected chi connectivity index (χ0v) is 16.5. The van der Waals surface area contributed by atoms with Crippen molar-refractivity contribution >= 4 is 36.0 Å². The van der Waals surface area contributed by atoms with Gasteiger partial charge in [0.15, 0.2) is 5.96 Å². The summed E-state index contributed by atoms with van der Waals surface area (Å²) >= 11 is 0. The van der Waals surface area contributed by atoms with E-state index in [0.29, 0.717) is 31.6 Å². The summed E-state index contributed by atoms with van der Waals surface area (Å²) in [7, 11) is 1.63. The van der Waals surface area contributed by atoms with E-state index in [4.69, 9.17) is 15.2 Å². The third kappa shape index (κ3) is 12.9. The number of nitrogens with two attached hydrogens (primary N) is 1. The Balaban J connectivity index is 0. The predicted molar refractivity (Wildman–Crippen MR) is 99.8 cm³/mol. The second-order valence-corrected chi connectivity index (χ2v) is 5.42. The molecule has 0 aromatic heterocycles. The van der Waals surface area contributed by atoms with Crippen LogP contribution >= 0.6 is 24.0 Å². The van der Waals surface area contributed by atoms with Gasteiger partial charge in [0.05, 0.1) is 25.8 Å². The van der Waals surface area contributed by atoms with Crippen LogP contribution in [0.25, 0.3) is 0 Å². The van der Waals surface area contributed by atoms with Gasteiger partial charge in [0.25, 0.3) is 0 Å². The second kappa shape index (κ2) is 13.9. The van der Waals surface area contributed by atoms with Crippen LogP contribution in [0.1, 0.15) is 34.1 Å². The Morgan fingerprint density at radius 2 is 1.91 bits per heavy atom. The van der Waals surface area contributed by atoms with Crippen LogP contribution in [0.5, 0.6) is 0 Å². The van der Waals surface area contributed by atoms with E-state index in [1.807, 2.05) is 6.92 Å². The van der Waals surface area contributed by atoms with Gasteiger partial charge in [-0.25, -0.2) is 4.79 Å². The van der Waals surface area contributed by atoms with Crippen molar-refractivity contribution in [2.75, 3.05) is 26.9 Å². The molecule has 132 valence electrons. The highest BCUT2D eigenvalue weighted by Crippen LogP contribution is 2.05. The molecular formula is C14H31IN4O3. The van der Waals surface area contributed by atoms with Gasteiger partial charge in [0, 0.05) is 13.2 Å². The van der Waals surface area contributed by atoms with Gasteiger partial charge in [-0.3, -0.25) is 4.99 Å². The topological polar surface area (TPSA) is 98.0 Å². The molecular weight excluding hydrogens is 399 g/mol. The first-order valence-electron chi connectivity index (χ1n) is 7.37. The Morgan fingerprint density at radius 1 is 1.27 bits per heavy atom. The van der Waals surface area contributed by atoms with Crippen LogP contribution in [0.2, 0.25) is 0 Å². The Hall–Kier alpha value is -0.770. The molecule has 0 rings (SSSR count). The summed E-state index contributed by atoms with van der Waals surface area (Å²) in [6, 6.07) is -0.0116. The number of methoxy groups -OCH3 is 1. The van der Waals surface area contributed by atoms with E-state index in [-0.39, 0.29) is 36.1 Å². The highest BCUT2D eigenvalue weighted by atomic mass is 127. The number of ether oxygens (including phenoxy) is 2. The molecule has 0 bridgehead atoms. The summed E-state index contributed by atoms with van der Waals surface area (Å²) in [5.74, 6) is 0.785. The van der Waals surface area contributed by atoms with Gasteiger partial charge in [0.2, 0.25) is 0 Å². The third-order valence-electron chi connectivity index (χ3n) is 2.65. The lowest BCUT2D eigenvalue weighted by Gasteiger charge is -2.19. The smallest absolute Gasteiger partial charge is 0.407 e. The third-order valence-corrected chi connectivity index (χ3v) is 2.65. The molecule has 0 spiro atoms. The number of aliphatic imine (C=N–C) groups is 1. The molecule has 0 saturated heterocycles. The number of hydrogen-bond donors (Lipinski definition) is 3. The lowest BCUT2D eigenvalue weighted by Crippen LogP contribution is -2.43. The van der Waals surface area contributed by atoms with E-state index in [1.165, 1.54) is 0 Å². The molecule has 1 amide bonds. The molecule has 0 aromatic rings. The quantitative estimate of drug-likeness (QED) is 0.294. The van der Waals surface area contributed by atoms with Gasteiger partial charge in [-0.15, -0.1) is 24.0 Å². The van der Waals surface area contributed by atoms with Gasteiger partial charge < -0.3 is 25.8 Å². The van der Waals surface area contributed by atoms with Crippen molar-refractivity contribution in [3.05, 3.63) is 0 Å². The van der Waals surface area contributed by atoms with Gasteiger partial charge >= 0.3 is 6.09 Å². The molecule has 0 aliphatic rings. The van der Waals surface area contributed by atoms with E-state index < -0.39 is 6.09 Å². The highest BCUT2D eigenvalue weighted by Gasteiger charge is 2.14. The van der Waals surface area contributed by atoms with Crippen molar-refractivity contribution in [3.8, 4) is 0 Å². The number of amides is 1. The largest absolute Gasteiger partial charge is 0.450 e. The standard InChI is InChI=1S/C14H30N4O3.HI/c1-6-21-14(19)18-12(7-10(2)3)8-16-13(15)17-11(4)9-20-5;/h10-12H,6-9H2,1-5H3,(H,18,19)(H3,15,16,17);1H. The zero-order valence-electron chi connectivity index (χ0n) is 14.2. The maximum Gasteiger partial charge on any atom is 0.407 e. The maximum atomic E-state index is 11.5. The lowest BCUT2D eigenvalue weighted by atomic mass is 10.0. The number of guanidine groups is 1. The first-order valence-corrected chi connectivity index (χ1v) is 7.37. The van der Waals surface area contributed by atoms with E-state index >= 15 is 0 Å². The number of halogens is 1. The fourth-order valence-electron chi connectivity index (χ4n) is 1.89. The minimum absolute atomic E-state index is 0. The Morgan fingerprint density at radius 3 is 2.41 bits per heavy atom. The first-order chi connectivity index (χ1) is 9.88. The molecule has 0 radical (unpaired) electrons.